The van der Waals surface area contributed by atoms with Crippen LogP contribution in [0, 0.1) is 46.5 Å². The molecule has 0 fully saturated rings. The van der Waals surface area contributed by atoms with Crippen molar-refractivity contribution in [3.63, 3.8) is 0 Å². The quantitative estimate of drug-likeness (QED) is 0.0203. The number of aliphatic imine (C=N–C) groups is 4. The Balaban J connectivity index is 1.18. The van der Waals surface area contributed by atoms with Gasteiger partial charge in [-0.15, -0.1) is 0 Å². The van der Waals surface area contributed by atoms with Gasteiger partial charge in [-0.2, -0.15) is 20.0 Å². The van der Waals surface area contributed by atoms with Gasteiger partial charge in [-0.05, 0) is 173 Å². The van der Waals surface area contributed by atoms with Gasteiger partial charge in [0, 0.05) is 72.6 Å². The van der Waals surface area contributed by atoms with Crippen molar-refractivity contribution in [1.82, 2.24) is 0 Å². The number of carbonyl (C=O) groups is 6. The Morgan fingerprint density at radius 1 is 0.380 bits per heavy atom. The number of aryl methyl sites for hydroxylation is 4. The van der Waals surface area contributed by atoms with Crippen molar-refractivity contribution in [3.05, 3.63) is 119 Å². The number of rotatable bonds is 28. The molecule has 20 heteroatoms. The summed E-state index contributed by atoms with van der Waals surface area (Å²) in [6, 6.07) is 25.0. The van der Waals surface area contributed by atoms with E-state index in [1.807, 2.05) is 0 Å². The summed E-state index contributed by atoms with van der Waals surface area (Å²) in [7, 11) is 0. The monoisotopic (exact) mass is 1070 g/mol. The van der Waals surface area contributed by atoms with E-state index in [1.165, 1.54) is 24.3 Å². The van der Waals surface area contributed by atoms with Crippen LogP contribution in [0.15, 0.2) is 111 Å². The molecular weight excluding hydrogens is 1010 g/mol. The van der Waals surface area contributed by atoms with Crippen molar-refractivity contribution in [3.8, 4) is 0 Å². The van der Waals surface area contributed by atoms with E-state index in [0.717, 1.165) is 22.3 Å². The summed E-state index contributed by atoms with van der Waals surface area (Å²) in [5.74, 6) is -2.60. The first kappa shape index (κ1) is 60.3. The maximum absolute atomic E-state index is 13.5. The number of anilines is 6. The highest BCUT2D eigenvalue weighted by molar-refractivity contribution is 5.97. The summed E-state index contributed by atoms with van der Waals surface area (Å²) in [5, 5.41) is 17.1. The molecule has 0 saturated carbocycles. The minimum Gasteiger partial charge on any atom is -0.326 e. The molecular formula is C59H62N10O10. The van der Waals surface area contributed by atoms with Crippen LogP contribution in [0.5, 0.6) is 0 Å². The molecule has 20 nitrogen and oxygen atoms in total. The predicted molar refractivity (Wildman–Crippen MR) is 301 cm³/mol. The van der Waals surface area contributed by atoms with Crippen LogP contribution < -0.4 is 31.9 Å². The van der Waals surface area contributed by atoms with E-state index < -0.39 is 0 Å². The molecule has 408 valence electrons. The Kier molecular flexibility index (Phi) is 23.6. The van der Waals surface area contributed by atoms with E-state index in [-0.39, 0.29) is 92.2 Å². The minimum absolute atomic E-state index is 0.0205. The fourth-order valence-electron chi connectivity index (χ4n) is 8.62. The minimum atomic E-state index is -0.340. The zero-order valence-corrected chi connectivity index (χ0v) is 44.7. The summed E-state index contributed by atoms with van der Waals surface area (Å²) in [4.78, 5) is 138. The Bertz CT molecular complexity index is 3280. The summed E-state index contributed by atoms with van der Waals surface area (Å²) >= 11 is 0. The molecule has 5 aromatic carbocycles. The third-order valence-electron chi connectivity index (χ3n) is 13.1. The molecule has 0 aliphatic rings. The fourth-order valence-corrected chi connectivity index (χ4v) is 8.62. The average Bonchev–Trinajstić information content (AvgIpc) is 3.40. The van der Waals surface area contributed by atoms with Crippen LogP contribution >= 0.6 is 0 Å². The SMILES string of the molecule is Cc1ccc(NC(=O)CCCC(CCC(=O)Nc2cccc(NC(=O)CCCC(CCC(=O)Nc3ccc(C)c(N=C=O)c3)CC(=O)Nc3ccc(C)c(N=C=O)c3)c2C)CC(=O)Nc2ccc(C)c(N=C=O)c2)cc1N=C=O. The Hall–Kier alpha value is -9.56. The number of nitrogens with zero attached hydrogens (tertiary/aromatic N) is 4. The largest absolute Gasteiger partial charge is 0.326 e. The third kappa shape index (κ3) is 20.2. The van der Waals surface area contributed by atoms with Gasteiger partial charge in [-0.3, -0.25) is 28.8 Å². The zero-order chi connectivity index (χ0) is 57.3. The van der Waals surface area contributed by atoms with Crippen LogP contribution in [0.3, 0.4) is 0 Å². The van der Waals surface area contributed by atoms with Gasteiger partial charge in [-0.1, -0.05) is 30.3 Å². The molecule has 2 atom stereocenters. The zero-order valence-electron chi connectivity index (χ0n) is 44.7. The molecule has 6 amide bonds. The lowest BCUT2D eigenvalue weighted by Gasteiger charge is -2.18. The van der Waals surface area contributed by atoms with E-state index in [2.05, 4.69) is 51.9 Å². The summed E-state index contributed by atoms with van der Waals surface area (Å²) in [6.45, 7) is 8.83. The third-order valence-corrected chi connectivity index (χ3v) is 13.1. The van der Waals surface area contributed by atoms with Crippen LogP contribution in [-0.2, 0) is 47.9 Å². The standard InChI is InChI=1S/C59H62N10O10/c1-37-15-21-44(29-50(37)60-33-70)64-54(74)13-6-9-43(28-59(79)67-47-24-18-40(4)53(32-47)63-36-73)20-26-57(77)69-49-12-8-11-48(41(49)5)68-55(75)14-7-10-42(27-58(78)66-46-23-17-39(3)52(31-46)62-35-72)19-25-56(76)65-45-22-16-38(2)51(30-45)61-34-71/h8,11-12,15-18,21-24,29-32,42-43H,6-7,9-10,13-14,19-20,25-28H2,1-5H3,(H,64,74)(H,65,76)(H,66,78)(H,67,79)(H,68,75)(H,69,77). The van der Waals surface area contributed by atoms with Gasteiger partial charge in [0.05, 0.1) is 22.7 Å². The van der Waals surface area contributed by atoms with Gasteiger partial charge < -0.3 is 31.9 Å². The number of benzene rings is 5. The molecule has 79 heavy (non-hydrogen) atoms. The normalized spacial score (nSPS) is 11.2. The molecule has 0 aromatic heterocycles. The first-order valence-corrected chi connectivity index (χ1v) is 25.6. The van der Waals surface area contributed by atoms with Crippen LogP contribution in [-0.4, -0.2) is 59.8 Å². The van der Waals surface area contributed by atoms with Gasteiger partial charge in [-0.25, -0.2) is 19.2 Å². The molecule has 0 saturated heterocycles. The summed E-state index contributed by atoms with van der Waals surface area (Å²) < 4.78 is 0. The molecule has 0 aliphatic heterocycles. The lowest BCUT2D eigenvalue weighted by molar-refractivity contribution is -0.119. The lowest BCUT2D eigenvalue weighted by atomic mass is 9.92. The Morgan fingerprint density at radius 3 is 1.00 bits per heavy atom. The van der Waals surface area contributed by atoms with Crippen LogP contribution in [0.2, 0.25) is 0 Å². The number of amides is 6. The second kappa shape index (κ2) is 30.9. The first-order valence-electron chi connectivity index (χ1n) is 25.6. The molecule has 5 aromatic rings. The van der Waals surface area contributed by atoms with Crippen molar-refractivity contribution in [2.45, 2.75) is 112 Å². The molecule has 2 unspecified atom stereocenters. The number of carbonyl (C=O) groups excluding carboxylic acids is 10. The molecule has 6 N–H and O–H groups in total. The topological polar surface area (TPSA) is 292 Å². The van der Waals surface area contributed by atoms with E-state index in [4.69, 9.17) is 0 Å². The average molecular weight is 1070 g/mol. The highest BCUT2D eigenvalue weighted by Crippen LogP contribution is 2.30. The van der Waals surface area contributed by atoms with E-state index in [9.17, 15) is 47.9 Å². The number of isocyanates is 4. The molecule has 5 rings (SSSR count). The molecule has 0 bridgehead atoms. The van der Waals surface area contributed by atoms with Gasteiger partial charge in [0.1, 0.15) is 0 Å². The number of hydrogen-bond acceptors (Lipinski definition) is 14. The fraction of sp³-hybridized carbons (Fsp3) is 0.322. The van der Waals surface area contributed by atoms with Gasteiger partial charge in [0.25, 0.3) is 0 Å². The summed E-state index contributed by atoms with van der Waals surface area (Å²) in [5.41, 5.74) is 7.63. The number of hydrogen-bond donors (Lipinski definition) is 6. The smallest absolute Gasteiger partial charge is 0.240 e. The molecule has 0 radical (unpaired) electrons. The van der Waals surface area contributed by atoms with Gasteiger partial charge >= 0.3 is 0 Å². The van der Waals surface area contributed by atoms with E-state index >= 15 is 0 Å². The lowest BCUT2D eigenvalue weighted by Crippen LogP contribution is -2.20. The highest BCUT2D eigenvalue weighted by Gasteiger charge is 2.21. The maximum Gasteiger partial charge on any atom is 0.240 e. The van der Waals surface area contributed by atoms with Gasteiger partial charge in [0.2, 0.25) is 59.8 Å². The molecule has 0 aliphatic carbocycles. The van der Waals surface area contributed by atoms with Crippen molar-refractivity contribution in [2.75, 3.05) is 31.9 Å². The first-order chi connectivity index (χ1) is 38.0. The highest BCUT2D eigenvalue weighted by atomic mass is 16.2. The Labute approximate surface area is 457 Å². The second-order valence-electron chi connectivity index (χ2n) is 19.1. The van der Waals surface area contributed by atoms with Crippen LogP contribution in [0.25, 0.3) is 0 Å². The van der Waals surface area contributed by atoms with Gasteiger partial charge in [0.15, 0.2) is 0 Å². The molecule has 0 spiro atoms. The predicted octanol–water partition coefficient (Wildman–Crippen LogP) is 11.4. The van der Waals surface area contributed by atoms with Crippen molar-refractivity contribution >= 4 is 117 Å². The molecule has 0 heterocycles. The van der Waals surface area contributed by atoms with Crippen LogP contribution in [0.1, 0.15) is 105 Å². The second-order valence-corrected chi connectivity index (χ2v) is 19.1. The van der Waals surface area contributed by atoms with Crippen LogP contribution in [0.4, 0.5) is 56.9 Å². The van der Waals surface area contributed by atoms with Crippen molar-refractivity contribution in [2.24, 2.45) is 31.8 Å². The van der Waals surface area contributed by atoms with E-state index in [1.54, 1.807) is 126 Å². The Morgan fingerprint density at radius 2 is 0.671 bits per heavy atom. The maximum atomic E-state index is 13.5. The van der Waals surface area contributed by atoms with E-state index in [0.29, 0.717) is 94.5 Å². The van der Waals surface area contributed by atoms with Crippen molar-refractivity contribution < 1.29 is 47.9 Å². The number of nitrogens with one attached hydrogen (secondary N) is 6. The van der Waals surface area contributed by atoms with Crippen molar-refractivity contribution in [1.29, 1.82) is 0 Å². The summed E-state index contributed by atoms with van der Waals surface area (Å²) in [6.07, 6.45) is 8.52.